The van der Waals surface area contributed by atoms with Crippen molar-refractivity contribution < 1.29 is 5.11 Å². The summed E-state index contributed by atoms with van der Waals surface area (Å²) in [6.45, 7) is 7.19. The second-order valence-electron chi connectivity index (χ2n) is 4.22. The molecule has 1 atom stereocenters. The van der Waals surface area contributed by atoms with E-state index in [1.807, 2.05) is 19.1 Å². The predicted octanol–water partition coefficient (Wildman–Crippen LogP) is 2.81. The molecule has 76 valence electrons. The largest absolute Gasteiger partial charge is 0.383 e. The quantitative estimate of drug-likeness (QED) is 0.814. The molecule has 1 unspecified atom stereocenters. The minimum Gasteiger partial charge on any atom is -0.383 e. The van der Waals surface area contributed by atoms with Crippen LogP contribution in [0.3, 0.4) is 0 Å². The molecule has 0 saturated heterocycles. The molecule has 1 N–H and O–H groups in total. The monoisotopic (exact) mass is 209 g/mol. The molecule has 1 aromatic heterocycles. The van der Waals surface area contributed by atoms with Crippen LogP contribution in [0, 0.1) is 23.7 Å². The zero-order valence-corrected chi connectivity index (χ0v) is 9.77. The summed E-state index contributed by atoms with van der Waals surface area (Å²) in [7, 11) is 0. The van der Waals surface area contributed by atoms with Gasteiger partial charge in [0.2, 0.25) is 0 Å². The first-order valence-corrected chi connectivity index (χ1v) is 5.33. The van der Waals surface area contributed by atoms with Crippen LogP contribution in [0.25, 0.3) is 0 Å². The smallest absolute Gasteiger partial charge is 0.114 e. The number of hydrogen-bond acceptors (Lipinski definition) is 3. The summed E-state index contributed by atoms with van der Waals surface area (Å²) in [6, 6.07) is 5.99. The van der Waals surface area contributed by atoms with E-state index in [0.29, 0.717) is 0 Å². The van der Waals surface area contributed by atoms with Crippen molar-refractivity contribution in [2.45, 2.75) is 33.3 Å². The Morgan fingerprint density at radius 3 is 2.29 bits per heavy atom. The van der Waals surface area contributed by atoms with Crippen LogP contribution in [0.4, 0.5) is 0 Å². The number of nitriles is 1. The van der Waals surface area contributed by atoms with Crippen molar-refractivity contribution >= 4 is 11.3 Å². The second kappa shape index (κ2) is 3.38. The van der Waals surface area contributed by atoms with Gasteiger partial charge in [-0.1, -0.05) is 0 Å². The summed E-state index contributed by atoms with van der Waals surface area (Å²) < 4.78 is 0. The standard InChI is InChI=1S/C11H15NOS/c1-8-5-6-9(14-8)11(4,13)10(2,3)7-12/h5-6,13H,1-4H3. The number of rotatable bonds is 2. The molecule has 0 aliphatic heterocycles. The Morgan fingerprint density at radius 1 is 1.36 bits per heavy atom. The number of nitrogens with zero attached hydrogens (tertiary/aromatic N) is 1. The molecular weight excluding hydrogens is 194 g/mol. The highest BCUT2D eigenvalue weighted by atomic mass is 32.1. The van der Waals surface area contributed by atoms with Crippen LogP contribution in [0.5, 0.6) is 0 Å². The van der Waals surface area contributed by atoms with Crippen LogP contribution in [-0.4, -0.2) is 5.11 Å². The van der Waals surface area contributed by atoms with Crippen molar-refractivity contribution in [2.75, 3.05) is 0 Å². The van der Waals surface area contributed by atoms with Crippen LogP contribution < -0.4 is 0 Å². The summed E-state index contributed by atoms with van der Waals surface area (Å²) in [4.78, 5) is 2.00. The lowest BCUT2D eigenvalue weighted by Gasteiger charge is -2.33. The highest BCUT2D eigenvalue weighted by Crippen LogP contribution is 2.41. The van der Waals surface area contributed by atoms with Crippen molar-refractivity contribution in [3.8, 4) is 6.07 Å². The lowest BCUT2D eigenvalue weighted by atomic mass is 9.76. The third-order valence-electron chi connectivity index (χ3n) is 2.72. The van der Waals surface area contributed by atoms with Gasteiger partial charge in [-0.3, -0.25) is 0 Å². The third-order valence-corrected chi connectivity index (χ3v) is 3.93. The number of hydrogen-bond donors (Lipinski definition) is 1. The van der Waals surface area contributed by atoms with Gasteiger partial charge in [0.15, 0.2) is 0 Å². The molecule has 3 heteroatoms. The SMILES string of the molecule is Cc1ccc(C(C)(O)C(C)(C)C#N)s1. The van der Waals surface area contributed by atoms with Gasteiger partial charge in [-0.05, 0) is 39.8 Å². The maximum absolute atomic E-state index is 10.3. The Morgan fingerprint density at radius 2 is 1.93 bits per heavy atom. The van der Waals surface area contributed by atoms with Crippen molar-refractivity contribution in [3.63, 3.8) is 0 Å². The molecule has 0 amide bonds. The molecule has 1 rings (SSSR count). The van der Waals surface area contributed by atoms with Crippen molar-refractivity contribution in [2.24, 2.45) is 5.41 Å². The Balaban J connectivity index is 3.15. The Labute approximate surface area is 88.8 Å². The summed E-state index contributed by atoms with van der Waals surface area (Å²) in [5.74, 6) is 0. The summed E-state index contributed by atoms with van der Waals surface area (Å²) >= 11 is 1.54. The summed E-state index contributed by atoms with van der Waals surface area (Å²) in [5.41, 5.74) is -1.86. The molecular formula is C11H15NOS. The fourth-order valence-electron chi connectivity index (χ4n) is 1.11. The lowest BCUT2D eigenvalue weighted by Crippen LogP contribution is -2.37. The summed E-state index contributed by atoms with van der Waals surface area (Å²) in [6.07, 6.45) is 0. The van der Waals surface area contributed by atoms with E-state index in [4.69, 9.17) is 5.26 Å². The molecule has 0 bridgehead atoms. The zero-order valence-electron chi connectivity index (χ0n) is 8.96. The van der Waals surface area contributed by atoms with Gasteiger partial charge in [0, 0.05) is 9.75 Å². The normalized spacial score (nSPS) is 16.0. The fraction of sp³-hybridized carbons (Fsp3) is 0.545. The molecule has 2 nitrogen and oxygen atoms in total. The maximum atomic E-state index is 10.3. The van der Waals surface area contributed by atoms with E-state index in [1.165, 1.54) is 11.3 Å². The molecule has 0 aliphatic carbocycles. The number of aliphatic hydroxyl groups is 1. The van der Waals surface area contributed by atoms with Gasteiger partial charge in [-0.25, -0.2) is 0 Å². The minimum absolute atomic E-state index is 0.774. The van der Waals surface area contributed by atoms with E-state index < -0.39 is 11.0 Å². The van der Waals surface area contributed by atoms with E-state index in [1.54, 1.807) is 20.8 Å². The number of aryl methyl sites for hydroxylation is 1. The maximum Gasteiger partial charge on any atom is 0.114 e. The Kier molecular flexibility index (Phi) is 2.71. The number of thiophene rings is 1. The van der Waals surface area contributed by atoms with Gasteiger partial charge in [0.25, 0.3) is 0 Å². The fourth-order valence-corrected chi connectivity index (χ4v) is 2.19. The van der Waals surface area contributed by atoms with E-state index in [-0.39, 0.29) is 0 Å². The highest BCUT2D eigenvalue weighted by molar-refractivity contribution is 7.12. The van der Waals surface area contributed by atoms with Gasteiger partial charge in [-0.15, -0.1) is 11.3 Å². The first-order chi connectivity index (χ1) is 6.31. The summed E-state index contributed by atoms with van der Waals surface area (Å²) in [5, 5.41) is 19.3. The molecule has 1 heterocycles. The molecule has 0 aromatic carbocycles. The molecule has 1 aromatic rings. The van der Waals surface area contributed by atoms with Gasteiger partial charge >= 0.3 is 0 Å². The molecule has 14 heavy (non-hydrogen) atoms. The Bertz CT molecular complexity index is 371. The first-order valence-electron chi connectivity index (χ1n) is 4.52. The average Bonchev–Trinajstić information content (AvgIpc) is 2.52. The third kappa shape index (κ3) is 1.68. The van der Waals surface area contributed by atoms with E-state index in [9.17, 15) is 5.11 Å². The van der Waals surface area contributed by atoms with E-state index in [2.05, 4.69) is 6.07 Å². The van der Waals surface area contributed by atoms with Gasteiger partial charge in [-0.2, -0.15) is 5.26 Å². The topological polar surface area (TPSA) is 44.0 Å². The van der Waals surface area contributed by atoms with Crippen LogP contribution in [-0.2, 0) is 5.60 Å². The van der Waals surface area contributed by atoms with E-state index >= 15 is 0 Å². The highest BCUT2D eigenvalue weighted by Gasteiger charge is 2.42. The molecule has 0 saturated carbocycles. The Hall–Kier alpha value is -0.850. The molecule has 0 spiro atoms. The zero-order chi connectivity index (χ0) is 11.0. The van der Waals surface area contributed by atoms with Crippen molar-refractivity contribution in [1.82, 2.24) is 0 Å². The molecule has 0 fully saturated rings. The van der Waals surface area contributed by atoms with Crippen molar-refractivity contribution in [1.29, 1.82) is 5.26 Å². The lowest BCUT2D eigenvalue weighted by molar-refractivity contribution is -0.0233. The van der Waals surface area contributed by atoms with Crippen LogP contribution in [0.2, 0.25) is 0 Å². The predicted molar refractivity (Wildman–Crippen MR) is 58.0 cm³/mol. The van der Waals surface area contributed by atoms with Crippen LogP contribution >= 0.6 is 11.3 Å². The average molecular weight is 209 g/mol. The molecule has 0 aliphatic rings. The van der Waals surface area contributed by atoms with E-state index in [0.717, 1.165) is 9.75 Å². The minimum atomic E-state index is -1.08. The van der Waals surface area contributed by atoms with Gasteiger partial charge in [0.05, 0.1) is 11.5 Å². The second-order valence-corrected chi connectivity index (χ2v) is 5.51. The first kappa shape index (κ1) is 11.2. The van der Waals surface area contributed by atoms with Crippen molar-refractivity contribution in [3.05, 3.63) is 21.9 Å². The molecule has 0 radical (unpaired) electrons. The van der Waals surface area contributed by atoms with Gasteiger partial charge < -0.3 is 5.11 Å². The van der Waals surface area contributed by atoms with Crippen LogP contribution in [0.1, 0.15) is 30.5 Å². The van der Waals surface area contributed by atoms with Gasteiger partial charge in [0.1, 0.15) is 5.60 Å². The van der Waals surface area contributed by atoms with Crippen LogP contribution in [0.15, 0.2) is 12.1 Å².